The molecular formula is C15H19N3O3S. The summed E-state index contributed by atoms with van der Waals surface area (Å²) >= 11 is 1.31. The van der Waals surface area contributed by atoms with Crippen molar-refractivity contribution in [3.63, 3.8) is 0 Å². The molecule has 0 unspecified atom stereocenters. The number of hydrogen-bond acceptors (Lipinski definition) is 5. The number of urea groups is 1. The topological polar surface area (TPSA) is 80.3 Å². The summed E-state index contributed by atoms with van der Waals surface area (Å²) in [4.78, 5) is 27.9. The molecule has 2 N–H and O–H groups in total. The zero-order chi connectivity index (χ0) is 16.3. The van der Waals surface area contributed by atoms with E-state index in [0.29, 0.717) is 17.3 Å². The van der Waals surface area contributed by atoms with Crippen molar-refractivity contribution in [3.05, 3.63) is 23.8 Å². The SMILES string of the molecule is CCOC(=O)c1ccc2nc(NC(=O)NC(C)(C)C)sc2c1. The predicted molar refractivity (Wildman–Crippen MR) is 87.5 cm³/mol. The van der Waals surface area contributed by atoms with Crippen molar-refractivity contribution in [2.24, 2.45) is 0 Å². The molecule has 2 amide bonds. The molecule has 1 aromatic heterocycles. The number of rotatable bonds is 3. The van der Waals surface area contributed by atoms with Crippen LogP contribution in [0.1, 0.15) is 38.1 Å². The largest absolute Gasteiger partial charge is 0.462 e. The van der Waals surface area contributed by atoms with Crippen LogP contribution in [0.3, 0.4) is 0 Å². The van der Waals surface area contributed by atoms with Crippen LogP contribution in [0.15, 0.2) is 18.2 Å². The number of carbonyl (C=O) groups is 2. The van der Waals surface area contributed by atoms with Crippen LogP contribution < -0.4 is 10.6 Å². The standard InChI is InChI=1S/C15H19N3O3S/c1-5-21-12(19)9-6-7-10-11(8-9)22-14(16-10)17-13(20)18-15(2,3)4/h6-8H,5H2,1-4H3,(H2,16,17,18,20). The molecule has 0 aliphatic heterocycles. The van der Waals surface area contributed by atoms with Crippen LogP contribution in [-0.4, -0.2) is 29.1 Å². The Morgan fingerprint density at radius 1 is 1.32 bits per heavy atom. The molecule has 2 rings (SSSR count). The minimum Gasteiger partial charge on any atom is -0.462 e. The fourth-order valence-electron chi connectivity index (χ4n) is 1.79. The molecule has 22 heavy (non-hydrogen) atoms. The van der Waals surface area contributed by atoms with Crippen molar-refractivity contribution in [3.8, 4) is 0 Å². The number of nitrogens with one attached hydrogen (secondary N) is 2. The number of fused-ring (bicyclic) bond motifs is 1. The summed E-state index contributed by atoms with van der Waals surface area (Å²) in [6.45, 7) is 7.79. The van der Waals surface area contributed by atoms with Gasteiger partial charge in [0.2, 0.25) is 0 Å². The highest BCUT2D eigenvalue weighted by molar-refractivity contribution is 7.22. The number of nitrogens with zero attached hydrogens (tertiary/aromatic N) is 1. The van der Waals surface area contributed by atoms with Gasteiger partial charge in [-0.2, -0.15) is 0 Å². The van der Waals surface area contributed by atoms with Gasteiger partial charge in [-0.15, -0.1) is 0 Å². The van der Waals surface area contributed by atoms with E-state index < -0.39 is 0 Å². The smallest absolute Gasteiger partial charge is 0.338 e. The van der Waals surface area contributed by atoms with Gasteiger partial charge < -0.3 is 10.1 Å². The lowest BCUT2D eigenvalue weighted by Crippen LogP contribution is -2.43. The average Bonchev–Trinajstić information content (AvgIpc) is 2.77. The number of amides is 2. The van der Waals surface area contributed by atoms with Gasteiger partial charge in [-0.1, -0.05) is 11.3 Å². The quantitative estimate of drug-likeness (QED) is 0.849. The molecule has 118 valence electrons. The highest BCUT2D eigenvalue weighted by Gasteiger charge is 2.15. The van der Waals surface area contributed by atoms with Gasteiger partial charge in [0.05, 0.1) is 22.4 Å². The maximum atomic E-state index is 11.8. The third-order valence-electron chi connectivity index (χ3n) is 2.61. The first-order valence-electron chi connectivity index (χ1n) is 6.95. The molecule has 0 atom stereocenters. The third-order valence-corrected chi connectivity index (χ3v) is 3.54. The van der Waals surface area contributed by atoms with Crippen molar-refractivity contribution < 1.29 is 14.3 Å². The van der Waals surface area contributed by atoms with Crippen LogP contribution in [0, 0.1) is 0 Å². The Bertz CT molecular complexity index is 704. The Morgan fingerprint density at radius 2 is 2.05 bits per heavy atom. The summed E-state index contributed by atoms with van der Waals surface area (Å²) < 4.78 is 5.78. The van der Waals surface area contributed by atoms with E-state index in [4.69, 9.17) is 4.74 Å². The Kier molecular flexibility index (Phi) is 4.65. The molecule has 2 aromatic rings. The summed E-state index contributed by atoms with van der Waals surface area (Å²) in [5.41, 5.74) is 0.880. The second-order valence-electron chi connectivity index (χ2n) is 5.75. The van der Waals surface area contributed by atoms with Crippen LogP contribution in [0.4, 0.5) is 9.93 Å². The summed E-state index contributed by atoms with van der Waals surface area (Å²) in [7, 11) is 0. The second-order valence-corrected chi connectivity index (χ2v) is 6.78. The first-order valence-corrected chi connectivity index (χ1v) is 7.77. The molecule has 0 radical (unpaired) electrons. The van der Waals surface area contributed by atoms with Gasteiger partial charge in [-0.05, 0) is 45.9 Å². The molecule has 0 spiro atoms. The van der Waals surface area contributed by atoms with E-state index >= 15 is 0 Å². The van der Waals surface area contributed by atoms with Crippen molar-refractivity contribution >= 4 is 38.7 Å². The van der Waals surface area contributed by atoms with Crippen LogP contribution in [-0.2, 0) is 4.74 Å². The zero-order valence-corrected chi connectivity index (χ0v) is 13.8. The Hall–Kier alpha value is -2.15. The van der Waals surface area contributed by atoms with E-state index in [9.17, 15) is 9.59 Å². The van der Waals surface area contributed by atoms with Crippen molar-refractivity contribution in [1.29, 1.82) is 0 Å². The van der Waals surface area contributed by atoms with E-state index in [0.717, 1.165) is 10.2 Å². The van der Waals surface area contributed by atoms with E-state index in [1.807, 2.05) is 20.8 Å². The maximum Gasteiger partial charge on any atom is 0.338 e. The fraction of sp³-hybridized carbons (Fsp3) is 0.400. The summed E-state index contributed by atoms with van der Waals surface area (Å²) in [6, 6.07) is 4.82. The molecule has 1 heterocycles. The molecule has 0 saturated carbocycles. The second kappa shape index (κ2) is 6.31. The summed E-state index contributed by atoms with van der Waals surface area (Å²) in [5.74, 6) is -0.363. The van der Waals surface area contributed by atoms with Crippen LogP contribution in [0.2, 0.25) is 0 Å². The molecule has 1 aromatic carbocycles. The number of aromatic nitrogens is 1. The maximum absolute atomic E-state index is 11.8. The van der Waals surface area contributed by atoms with E-state index in [1.54, 1.807) is 25.1 Å². The van der Waals surface area contributed by atoms with Crippen molar-refractivity contribution in [2.75, 3.05) is 11.9 Å². The molecular weight excluding hydrogens is 302 g/mol. The molecule has 0 aliphatic rings. The molecule has 0 fully saturated rings. The number of carbonyl (C=O) groups excluding carboxylic acids is 2. The highest BCUT2D eigenvalue weighted by atomic mass is 32.1. The van der Waals surface area contributed by atoms with Gasteiger partial charge in [0.1, 0.15) is 0 Å². The van der Waals surface area contributed by atoms with E-state index in [2.05, 4.69) is 15.6 Å². The van der Waals surface area contributed by atoms with Crippen molar-refractivity contribution in [2.45, 2.75) is 33.2 Å². The molecule has 0 aliphatic carbocycles. The van der Waals surface area contributed by atoms with Crippen LogP contribution in [0.25, 0.3) is 10.2 Å². The number of anilines is 1. The predicted octanol–water partition coefficient (Wildman–Crippen LogP) is 3.39. The van der Waals surface area contributed by atoms with Gasteiger partial charge in [0.15, 0.2) is 5.13 Å². The number of thiazole rings is 1. The van der Waals surface area contributed by atoms with Gasteiger partial charge >= 0.3 is 12.0 Å². The van der Waals surface area contributed by atoms with Crippen molar-refractivity contribution in [1.82, 2.24) is 10.3 Å². The number of ether oxygens (including phenoxy) is 1. The zero-order valence-electron chi connectivity index (χ0n) is 13.0. The average molecular weight is 321 g/mol. The van der Waals surface area contributed by atoms with E-state index in [-0.39, 0.29) is 17.5 Å². The third kappa shape index (κ3) is 4.17. The summed E-state index contributed by atoms with van der Waals surface area (Å²) in [5, 5.41) is 5.99. The molecule has 6 nitrogen and oxygen atoms in total. The first-order chi connectivity index (χ1) is 10.3. The lowest BCUT2D eigenvalue weighted by molar-refractivity contribution is 0.0526. The van der Waals surface area contributed by atoms with Gasteiger partial charge in [0.25, 0.3) is 0 Å². The van der Waals surface area contributed by atoms with Crippen LogP contribution in [0.5, 0.6) is 0 Å². The monoisotopic (exact) mass is 321 g/mol. The minimum atomic E-state index is -0.363. The lowest BCUT2D eigenvalue weighted by atomic mass is 10.1. The van der Waals surface area contributed by atoms with Gasteiger partial charge in [-0.25, -0.2) is 14.6 Å². The van der Waals surface area contributed by atoms with Crippen LogP contribution >= 0.6 is 11.3 Å². The van der Waals surface area contributed by atoms with E-state index in [1.165, 1.54) is 11.3 Å². The molecule has 0 saturated heterocycles. The number of benzene rings is 1. The minimum absolute atomic E-state index is 0.308. The molecule has 7 heteroatoms. The molecule has 0 bridgehead atoms. The Labute approximate surface area is 132 Å². The number of esters is 1. The fourth-order valence-corrected chi connectivity index (χ4v) is 2.69. The Morgan fingerprint density at radius 3 is 2.68 bits per heavy atom. The number of hydrogen-bond donors (Lipinski definition) is 2. The van der Waals surface area contributed by atoms with Gasteiger partial charge in [-0.3, -0.25) is 5.32 Å². The lowest BCUT2D eigenvalue weighted by Gasteiger charge is -2.19. The Balaban J connectivity index is 2.17. The van der Waals surface area contributed by atoms with Gasteiger partial charge in [0, 0.05) is 5.54 Å². The normalized spacial score (nSPS) is 11.3. The first kappa shape index (κ1) is 16.2. The highest BCUT2D eigenvalue weighted by Crippen LogP contribution is 2.27. The summed E-state index contributed by atoms with van der Waals surface area (Å²) in [6.07, 6.45) is 0.